The number of hydrogen-bond acceptors (Lipinski definition) is 5. The number of β-amino-alcohol motifs (C(OH)–C–C–N with tert-alkyl or cyclic N) is 1. The molecule has 0 saturated carbocycles. The van der Waals surface area contributed by atoms with Crippen molar-refractivity contribution < 1.29 is 41.2 Å². The largest absolute Gasteiger partial charge is 0.423 e. The maximum Gasteiger partial charge on any atom is 0.423 e. The van der Waals surface area contributed by atoms with Gasteiger partial charge in [0.15, 0.2) is 9.28 Å². The van der Waals surface area contributed by atoms with Crippen molar-refractivity contribution in [3.05, 3.63) is 85.1 Å². The highest BCUT2D eigenvalue weighted by Crippen LogP contribution is 2.49. The average molecular weight is 691 g/mol. The number of alkyl halides is 3. The Labute approximate surface area is 239 Å². The minimum Gasteiger partial charge on any atom is -0.375 e. The van der Waals surface area contributed by atoms with Gasteiger partial charge in [-0.2, -0.15) is 13.2 Å². The standard InChI is InChI=1S/C25H13ClF5IN4O4/c26-14-3-1-9(27)5-11(14)19-17-15(7-12-20(40-35-21(12)32)18(17)22(37)34-19)33-23(38)36-8-24(39,25(29,30)31)13-6-10(28)2-4-16(13)36/h1-7,19,39H,8H2,(H,33,38)(H,34,37). The Morgan fingerprint density at radius 1 is 1.20 bits per heavy atom. The molecule has 3 heterocycles. The zero-order valence-electron chi connectivity index (χ0n) is 19.5. The first-order valence-corrected chi connectivity index (χ1v) is 12.8. The highest BCUT2D eigenvalue weighted by Gasteiger charge is 2.61. The van der Waals surface area contributed by atoms with Crippen molar-refractivity contribution in [1.29, 1.82) is 0 Å². The molecule has 2 aliphatic heterocycles. The van der Waals surface area contributed by atoms with Gasteiger partial charge in [-0.05, 0) is 65.1 Å². The summed E-state index contributed by atoms with van der Waals surface area (Å²) in [6.07, 6.45) is -5.24. The van der Waals surface area contributed by atoms with E-state index in [-0.39, 0.29) is 38.7 Å². The van der Waals surface area contributed by atoms with Gasteiger partial charge in [0.1, 0.15) is 11.6 Å². The highest BCUT2D eigenvalue weighted by atomic mass is 127. The van der Waals surface area contributed by atoms with E-state index in [0.717, 1.165) is 24.3 Å². The predicted molar refractivity (Wildman–Crippen MR) is 140 cm³/mol. The van der Waals surface area contributed by atoms with E-state index in [2.05, 4.69) is 15.8 Å². The first-order chi connectivity index (χ1) is 18.8. The number of aromatic nitrogens is 1. The third-order valence-corrected chi connectivity index (χ3v) is 7.98. The van der Waals surface area contributed by atoms with Gasteiger partial charge in [0.05, 0.1) is 29.2 Å². The molecule has 3 N–H and O–H groups in total. The number of fused-ring (bicyclic) bond motifs is 4. The smallest absolute Gasteiger partial charge is 0.375 e. The number of urea groups is 1. The van der Waals surface area contributed by atoms with E-state index in [9.17, 15) is 36.6 Å². The topological polar surface area (TPSA) is 108 Å². The van der Waals surface area contributed by atoms with Crippen molar-refractivity contribution in [2.45, 2.75) is 17.8 Å². The van der Waals surface area contributed by atoms with E-state index in [4.69, 9.17) is 16.1 Å². The molecule has 0 spiro atoms. The van der Waals surface area contributed by atoms with Crippen LogP contribution in [-0.4, -0.2) is 34.9 Å². The summed E-state index contributed by atoms with van der Waals surface area (Å²) in [7, 11) is 0. The van der Waals surface area contributed by atoms with E-state index >= 15 is 0 Å². The average Bonchev–Trinajstić information content (AvgIpc) is 3.53. The van der Waals surface area contributed by atoms with Crippen LogP contribution in [0.15, 0.2) is 47.0 Å². The van der Waals surface area contributed by atoms with Gasteiger partial charge in [0.2, 0.25) is 5.60 Å². The Bertz CT molecular complexity index is 1760. The first-order valence-electron chi connectivity index (χ1n) is 11.4. The molecule has 4 aromatic rings. The number of halogens is 7. The molecule has 0 aliphatic carbocycles. The molecule has 8 nitrogen and oxygen atoms in total. The number of carbonyl (C=O) groups excluding carboxylic acids is 2. The van der Waals surface area contributed by atoms with Crippen LogP contribution in [0.5, 0.6) is 0 Å². The number of amides is 3. The number of benzene rings is 3. The number of carbonyl (C=O) groups is 2. The summed E-state index contributed by atoms with van der Waals surface area (Å²) >= 11 is 8.14. The fraction of sp³-hybridized carbons (Fsp3) is 0.160. The molecule has 0 saturated heterocycles. The van der Waals surface area contributed by atoms with Crippen LogP contribution in [0.4, 0.5) is 38.1 Å². The lowest BCUT2D eigenvalue weighted by Gasteiger charge is -2.27. The third kappa shape index (κ3) is 3.91. The Balaban J connectivity index is 1.49. The number of anilines is 2. The van der Waals surface area contributed by atoms with E-state index in [0.29, 0.717) is 20.1 Å². The number of hydrogen-bond donors (Lipinski definition) is 3. The first kappa shape index (κ1) is 26.7. The minimum atomic E-state index is -5.24. The van der Waals surface area contributed by atoms with Crippen molar-refractivity contribution in [1.82, 2.24) is 10.5 Å². The van der Waals surface area contributed by atoms with Gasteiger partial charge in [0, 0.05) is 27.4 Å². The van der Waals surface area contributed by atoms with Gasteiger partial charge in [0.25, 0.3) is 5.91 Å². The zero-order valence-corrected chi connectivity index (χ0v) is 22.5. The van der Waals surface area contributed by atoms with Crippen LogP contribution in [0.3, 0.4) is 0 Å². The van der Waals surface area contributed by atoms with Crippen LogP contribution in [0.2, 0.25) is 5.02 Å². The van der Waals surface area contributed by atoms with Crippen LogP contribution < -0.4 is 15.5 Å². The Morgan fingerprint density at radius 2 is 1.90 bits per heavy atom. The van der Waals surface area contributed by atoms with Crippen LogP contribution in [0.25, 0.3) is 11.0 Å². The maximum absolute atomic E-state index is 14.2. The number of nitrogens with zero attached hydrogens (tertiary/aromatic N) is 2. The summed E-state index contributed by atoms with van der Waals surface area (Å²) in [6, 6.07) is 5.01. The SMILES string of the molecule is O=C1NC(c2cc(F)ccc2Cl)c2c(NC(=O)N3CC(O)(C(F)(F)F)c4cc(F)ccc43)cc3c(I)noc3c21. The Kier molecular flexibility index (Phi) is 6.01. The molecule has 40 heavy (non-hydrogen) atoms. The molecule has 3 aromatic carbocycles. The van der Waals surface area contributed by atoms with Crippen molar-refractivity contribution in [3.63, 3.8) is 0 Å². The second-order valence-electron chi connectivity index (χ2n) is 9.17. The lowest BCUT2D eigenvalue weighted by molar-refractivity contribution is -0.258. The summed E-state index contributed by atoms with van der Waals surface area (Å²) in [5.74, 6) is -2.34. The zero-order chi connectivity index (χ0) is 28.7. The van der Waals surface area contributed by atoms with E-state index in [1.54, 1.807) is 0 Å². The predicted octanol–water partition coefficient (Wildman–Crippen LogP) is 6.00. The monoisotopic (exact) mass is 690 g/mol. The second-order valence-corrected chi connectivity index (χ2v) is 10.6. The molecule has 206 valence electrons. The van der Waals surface area contributed by atoms with Gasteiger partial charge in [-0.15, -0.1) is 0 Å². The van der Waals surface area contributed by atoms with Crippen molar-refractivity contribution in [2.75, 3.05) is 16.8 Å². The molecule has 6 rings (SSSR count). The van der Waals surface area contributed by atoms with E-state index in [1.807, 2.05) is 22.6 Å². The van der Waals surface area contributed by atoms with Crippen LogP contribution in [0, 0.1) is 15.3 Å². The Hall–Kier alpha value is -3.50. The normalized spacial score (nSPS) is 20.1. The summed E-state index contributed by atoms with van der Waals surface area (Å²) < 4.78 is 75.4. The summed E-state index contributed by atoms with van der Waals surface area (Å²) in [4.78, 5) is 27.2. The van der Waals surface area contributed by atoms with Crippen LogP contribution in [-0.2, 0) is 5.60 Å². The molecule has 0 radical (unpaired) electrons. The lowest BCUT2D eigenvalue weighted by Crippen LogP contribution is -2.48. The molecule has 0 bridgehead atoms. The summed E-state index contributed by atoms with van der Waals surface area (Å²) in [5.41, 5.74) is -4.49. The van der Waals surface area contributed by atoms with Crippen LogP contribution >= 0.6 is 34.2 Å². The van der Waals surface area contributed by atoms with Gasteiger partial charge in [-0.25, -0.2) is 13.6 Å². The Morgan fingerprint density at radius 3 is 2.62 bits per heavy atom. The summed E-state index contributed by atoms with van der Waals surface area (Å²) in [5, 5.41) is 20.0. The van der Waals surface area contributed by atoms with Crippen molar-refractivity contribution in [2.24, 2.45) is 0 Å². The molecule has 0 fully saturated rings. The minimum absolute atomic E-state index is 0.0377. The van der Waals surface area contributed by atoms with E-state index in [1.165, 1.54) is 12.1 Å². The molecule has 2 aliphatic rings. The van der Waals surface area contributed by atoms with E-state index < -0.39 is 53.5 Å². The molecule has 15 heteroatoms. The summed E-state index contributed by atoms with van der Waals surface area (Å²) in [6.45, 7) is -1.26. The molecule has 3 amide bonds. The van der Waals surface area contributed by atoms with Gasteiger partial charge in [-0.3, -0.25) is 9.69 Å². The molecule has 1 aromatic heterocycles. The highest BCUT2D eigenvalue weighted by molar-refractivity contribution is 14.1. The fourth-order valence-electron chi connectivity index (χ4n) is 5.02. The van der Waals surface area contributed by atoms with Crippen molar-refractivity contribution >= 4 is 68.5 Å². The fourth-order valence-corrected chi connectivity index (χ4v) is 5.74. The van der Waals surface area contributed by atoms with Gasteiger partial charge >= 0.3 is 12.2 Å². The van der Waals surface area contributed by atoms with Gasteiger partial charge < -0.3 is 20.3 Å². The maximum atomic E-state index is 14.2. The molecular formula is C25H13ClF5IN4O4. The number of aliphatic hydroxyl groups is 1. The van der Waals surface area contributed by atoms with Crippen molar-refractivity contribution in [3.8, 4) is 0 Å². The van der Waals surface area contributed by atoms with Gasteiger partial charge in [-0.1, -0.05) is 16.8 Å². The number of rotatable bonds is 2. The molecule has 2 unspecified atom stereocenters. The number of nitrogens with one attached hydrogen (secondary N) is 2. The molecule has 2 atom stereocenters. The third-order valence-electron chi connectivity index (χ3n) is 6.86. The lowest BCUT2D eigenvalue weighted by atomic mass is 9.95. The quantitative estimate of drug-likeness (QED) is 0.177. The second kappa shape index (κ2) is 9.01. The van der Waals surface area contributed by atoms with Crippen LogP contribution in [0.1, 0.15) is 33.1 Å². The molecular weight excluding hydrogens is 678 g/mol.